The first-order chi connectivity index (χ1) is 6.20. The van der Waals surface area contributed by atoms with Crippen molar-refractivity contribution in [2.75, 3.05) is 6.61 Å². The molecule has 1 unspecified atom stereocenters. The van der Waals surface area contributed by atoms with Crippen molar-refractivity contribution in [3.63, 3.8) is 0 Å². The van der Waals surface area contributed by atoms with Crippen LogP contribution in [0.4, 0.5) is 0 Å². The molecule has 0 saturated heterocycles. The van der Waals surface area contributed by atoms with Crippen LogP contribution in [0.15, 0.2) is 0 Å². The molecule has 0 rings (SSSR count). The SMILES string of the molecule is CCCCOC(C)OOC(=O)CC.[K]. The average Bonchev–Trinajstić information content (AvgIpc) is 2.14. The van der Waals surface area contributed by atoms with E-state index in [0.29, 0.717) is 13.0 Å². The summed E-state index contributed by atoms with van der Waals surface area (Å²) < 4.78 is 5.18. The molecule has 0 aromatic carbocycles. The maximum atomic E-state index is 10.6. The van der Waals surface area contributed by atoms with Crippen LogP contribution in [0.25, 0.3) is 0 Å². The second kappa shape index (κ2) is 12.1. The molecule has 0 aliphatic heterocycles. The summed E-state index contributed by atoms with van der Waals surface area (Å²) >= 11 is 0. The first kappa shape index (κ1) is 17.4. The fraction of sp³-hybridized carbons (Fsp3) is 0.889. The summed E-state index contributed by atoms with van der Waals surface area (Å²) in [5.41, 5.74) is 0. The molecule has 0 N–H and O–H groups in total. The Bertz CT molecular complexity index is 141. The Labute approximate surface area is 128 Å². The molecule has 0 amide bonds. The van der Waals surface area contributed by atoms with Gasteiger partial charge in [0, 0.05) is 64.4 Å². The van der Waals surface area contributed by atoms with Crippen LogP contribution in [0.1, 0.15) is 40.0 Å². The Kier molecular flexibility index (Phi) is 15.1. The predicted molar refractivity (Wildman–Crippen MR) is 53.5 cm³/mol. The largest absolute Gasteiger partial charge is 0.349 e. The van der Waals surface area contributed by atoms with E-state index in [0.717, 1.165) is 12.8 Å². The van der Waals surface area contributed by atoms with Gasteiger partial charge in [-0.1, -0.05) is 20.3 Å². The third-order valence-corrected chi connectivity index (χ3v) is 1.42. The van der Waals surface area contributed by atoms with Crippen LogP contribution in [0, 0.1) is 0 Å². The Hall–Kier alpha value is 1.03. The van der Waals surface area contributed by atoms with Gasteiger partial charge in [0.25, 0.3) is 0 Å². The van der Waals surface area contributed by atoms with Crippen molar-refractivity contribution in [1.82, 2.24) is 0 Å². The van der Waals surface area contributed by atoms with Gasteiger partial charge in [-0.2, -0.15) is 4.89 Å². The molecule has 79 valence electrons. The van der Waals surface area contributed by atoms with E-state index in [-0.39, 0.29) is 57.4 Å². The molecule has 5 heteroatoms. The molecule has 0 spiro atoms. The summed E-state index contributed by atoms with van der Waals surface area (Å²) in [6.45, 7) is 6.10. The Morgan fingerprint density at radius 1 is 1.36 bits per heavy atom. The van der Waals surface area contributed by atoms with E-state index < -0.39 is 6.29 Å². The van der Waals surface area contributed by atoms with Crippen molar-refractivity contribution in [3.8, 4) is 0 Å². The molecule has 0 aromatic heterocycles. The third-order valence-electron chi connectivity index (χ3n) is 1.42. The zero-order valence-corrected chi connectivity index (χ0v) is 12.7. The Morgan fingerprint density at radius 2 is 2.00 bits per heavy atom. The van der Waals surface area contributed by atoms with E-state index in [4.69, 9.17) is 4.74 Å². The van der Waals surface area contributed by atoms with Crippen molar-refractivity contribution in [3.05, 3.63) is 0 Å². The van der Waals surface area contributed by atoms with Crippen LogP contribution in [0.5, 0.6) is 0 Å². The molecule has 14 heavy (non-hydrogen) atoms. The average molecular weight is 229 g/mol. The molecule has 0 aromatic rings. The van der Waals surface area contributed by atoms with E-state index in [1.165, 1.54) is 0 Å². The van der Waals surface area contributed by atoms with Crippen molar-refractivity contribution in [2.45, 2.75) is 46.3 Å². The van der Waals surface area contributed by atoms with Crippen LogP contribution in [-0.4, -0.2) is 70.3 Å². The van der Waals surface area contributed by atoms with Crippen molar-refractivity contribution in [2.24, 2.45) is 0 Å². The number of hydrogen-bond acceptors (Lipinski definition) is 4. The summed E-state index contributed by atoms with van der Waals surface area (Å²) in [6.07, 6.45) is 1.88. The third kappa shape index (κ3) is 11.1. The second-order valence-corrected chi connectivity index (χ2v) is 2.70. The van der Waals surface area contributed by atoms with Gasteiger partial charge >= 0.3 is 5.97 Å². The summed E-state index contributed by atoms with van der Waals surface area (Å²) in [4.78, 5) is 19.7. The molecule has 0 saturated carbocycles. The van der Waals surface area contributed by atoms with Gasteiger partial charge in [-0.3, -0.25) is 4.89 Å². The summed E-state index contributed by atoms with van der Waals surface area (Å²) in [7, 11) is 0. The van der Waals surface area contributed by atoms with E-state index in [1.807, 2.05) is 0 Å². The second-order valence-electron chi connectivity index (χ2n) is 2.70. The van der Waals surface area contributed by atoms with Gasteiger partial charge in [0.1, 0.15) is 0 Å². The van der Waals surface area contributed by atoms with E-state index in [2.05, 4.69) is 16.7 Å². The van der Waals surface area contributed by atoms with Gasteiger partial charge in [0.2, 0.25) is 0 Å². The standard InChI is InChI=1S/C9H18O4.K/c1-4-6-7-11-8(3)12-13-9(10)5-2;/h8H,4-7H2,1-3H3;. The number of ether oxygens (including phenoxy) is 1. The first-order valence-electron chi connectivity index (χ1n) is 4.68. The number of rotatable bonds is 7. The summed E-state index contributed by atoms with van der Waals surface area (Å²) in [5, 5.41) is 0. The van der Waals surface area contributed by atoms with Gasteiger partial charge in [0.15, 0.2) is 6.29 Å². The predicted octanol–water partition coefficient (Wildman–Crippen LogP) is 1.65. The van der Waals surface area contributed by atoms with Gasteiger partial charge in [-0.15, -0.1) is 0 Å². The molecule has 0 heterocycles. The molecule has 1 radical (unpaired) electrons. The minimum absolute atomic E-state index is 0. The number of carbonyl (C=O) groups is 1. The molecule has 0 fully saturated rings. The van der Waals surface area contributed by atoms with Gasteiger partial charge in [-0.25, -0.2) is 4.79 Å². The van der Waals surface area contributed by atoms with E-state index in [1.54, 1.807) is 13.8 Å². The number of hydrogen-bond donors (Lipinski definition) is 0. The fourth-order valence-electron chi connectivity index (χ4n) is 0.602. The maximum Gasteiger partial charge on any atom is 0.342 e. The van der Waals surface area contributed by atoms with Crippen molar-refractivity contribution >= 4 is 57.4 Å². The van der Waals surface area contributed by atoms with E-state index >= 15 is 0 Å². The minimum Gasteiger partial charge on any atom is -0.349 e. The molecular formula is C9H18KO4. The number of unbranched alkanes of at least 4 members (excludes halogenated alkanes) is 1. The first-order valence-corrected chi connectivity index (χ1v) is 4.68. The topological polar surface area (TPSA) is 44.8 Å². The Balaban J connectivity index is 0. The van der Waals surface area contributed by atoms with Crippen LogP contribution < -0.4 is 0 Å². The van der Waals surface area contributed by atoms with Gasteiger partial charge < -0.3 is 4.74 Å². The molecule has 0 bridgehead atoms. The molecule has 0 aliphatic carbocycles. The summed E-state index contributed by atoms with van der Waals surface area (Å²) in [5.74, 6) is -0.383. The van der Waals surface area contributed by atoms with Gasteiger partial charge in [0.05, 0.1) is 0 Å². The fourth-order valence-corrected chi connectivity index (χ4v) is 0.602. The van der Waals surface area contributed by atoms with Gasteiger partial charge in [-0.05, 0) is 13.3 Å². The summed E-state index contributed by atoms with van der Waals surface area (Å²) in [6, 6.07) is 0. The normalized spacial score (nSPS) is 11.6. The minimum atomic E-state index is -0.484. The maximum absolute atomic E-state index is 10.6. The zero-order chi connectivity index (χ0) is 10.1. The Morgan fingerprint density at radius 3 is 2.50 bits per heavy atom. The number of carbonyl (C=O) groups excluding carboxylic acids is 1. The van der Waals surface area contributed by atoms with Crippen molar-refractivity contribution < 1.29 is 19.3 Å². The molecule has 4 nitrogen and oxygen atoms in total. The molecule has 1 atom stereocenters. The monoisotopic (exact) mass is 229 g/mol. The van der Waals surface area contributed by atoms with Crippen molar-refractivity contribution in [1.29, 1.82) is 0 Å². The van der Waals surface area contributed by atoms with E-state index in [9.17, 15) is 4.79 Å². The zero-order valence-electron chi connectivity index (χ0n) is 9.54. The smallest absolute Gasteiger partial charge is 0.342 e. The quantitative estimate of drug-likeness (QED) is 0.219. The molecular weight excluding hydrogens is 211 g/mol. The van der Waals surface area contributed by atoms with Crippen LogP contribution in [0.2, 0.25) is 0 Å². The van der Waals surface area contributed by atoms with Crippen LogP contribution >= 0.6 is 0 Å². The molecule has 0 aliphatic rings. The van der Waals surface area contributed by atoms with Crippen LogP contribution in [0.3, 0.4) is 0 Å². The van der Waals surface area contributed by atoms with Crippen LogP contribution in [-0.2, 0) is 19.3 Å².